The van der Waals surface area contributed by atoms with Crippen LogP contribution in [0.15, 0.2) is 36.4 Å². The molecule has 1 nitrogen and oxygen atoms in total. The molecule has 0 amide bonds. The standard InChI is InChI=1S/C14H12ClF2N/c1-18-8-9-2-5-14(17)12(6-9)11-4-3-10(16)7-13(11)15/h2-7,18H,8H2,1H3. The Morgan fingerprint density at radius 2 is 1.83 bits per heavy atom. The van der Waals surface area contributed by atoms with Crippen LogP contribution in [0.2, 0.25) is 5.02 Å². The fraction of sp³-hybridized carbons (Fsp3) is 0.143. The minimum absolute atomic E-state index is 0.204. The van der Waals surface area contributed by atoms with Gasteiger partial charge in [0.15, 0.2) is 0 Å². The fourth-order valence-electron chi connectivity index (χ4n) is 1.80. The maximum Gasteiger partial charge on any atom is 0.131 e. The maximum atomic E-state index is 13.8. The summed E-state index contributed by atoms with van der Waals surface area (Å²) < 4.78 is 26.8. The van der Waals surface area contributed by atoms with Crippen LogP contribution in [-0.4, -0.2) is 7.05 Å². The Hall–Kier alpha value is -1.45. The lowest BCUT2D eigenvalue weighted by Crippen LogP contribution is -2.05. The van der Waals surface area contributed by atoms with Gasteiger partial charge in [-0.15, -0.1) is 0 Å². The summed E-state index contributed by atoms with van der Waals surface area (Å²) >= 11 is 5.94. The van der Waals surface area contributed by atoms with Gasteiger partial charge >= 0.3 is 0 Å². The minimum atomic E-state index is -0.435. The number of hydrogen-bond acceptors (Lipinski definition) is 1. The lowest BCUT2D eigenvalue weighted by molar-refractivity contribution is 0.625. The second-order valence-corrected chi connectivity index (χ2v) is 4.38. The Morgan fingerprint density at radius 3 is 2.50 bits per heavy atom. The molecule has 0 saturated carbocycles. The highest BCUT2D eigenvalue weighted by Crippen LogP contribution is 2.31. The Balaban J connectivity index is 2.51. The third-order valence-electron chi connectivity index (χ3n) is 2.63. The first-order chi connectivity index (χ1) is 8.61. The third kappa shape index (κ3) is 2.68. The highest BCUT2D eigenvalue weighted by atomic mass is 35.5. The van der Waals surface area contributed by atoms with Crippen molar-refractivity contribution in [1.82, 2.24) is 5.32 Å². The van der Waals surface area contributed by atoms with Gasteiger partial charge in [0.05, 0.1) is 5.02 Å². The predicted octanol–water partition coefficient (Wildman–Crippen LogP) is 4.00. The smallest absolute Gasteiger partial charge is 0.131 e. The molecule has 0 unspecified atom stereocenters. The van der Waals surface area contributed by atoms with Crippen molar-refractivity contribution < 1.29 is 8.78 Å². The molecule has 0 radical (unpaired) electrons. The van der Waals surface area contributed by atoms with Crippen LogP contribution in [0, 0.1) is 11.6 Å². The Bertz CT molecular complexity index is 570. The van der Waals surface area contributed by atoms with Crippen LogP contribution in [0.3, 0.4) is 0 Å². The molecule has 0 fully saturated rings. The normalized spacial score (nSPS) is 10.7. The average molecular weight is 268 g/mol. The molecule has 0 aliphatic heterocycles. The van der Waals surface area contributed by atoms with Crippen LogP contribution in [0.25, 0.3) is 11.1 Å². The predicted molar refractivity (Wildman–Crippen MR) is 69.6 cm³/mol. The number of halogens is 3. The topological polar surface area (TPSA) is 12.0 Å². The Kier molecular flexibility index (Phi) is 3.94. The SMILES string of the molecule is CNCc1ccc(F)c(-c2ccc(F)cc2Cl)c1. The van der Waals surface area contributed by atoms with Crippen LogP contribution < -0.4 is 5.32 Å². The first-order valence-electron chi connectivity index (χ1n) is 5.50. The summed E-state index contributed by atoms with van der Waals surface area (Å²) in [5.41, 5.74) is 1.82. The molecule has 4 heteroatoms. The van der Waals surface area contributed by atoms with Gasteiger partial charge in [-0.05, 0) is 42.9 Å². The van der Waals surface area contributed by atoms with Crippen molar-refractivity contribution in [3.05, 3.63) is 58.6 Å². The maximum absolute atomic E-state index is 13.8. The molecule has 0 heterocycles. The molecule has 2 aromatic carbocycles. The van der Waals surface area contributed by atoms with E-state index in [9.17, 15) is 8.78 Å². The van der Waals surface area contributed by atoms with Gasteiger partial charge in [-0.25, -0.2) is 8.78 Å². The van der Waals surface area contributed by atoms with E-state index in [1.54, 1.807) is 12.1 Å². The van der Waals surface area contributed by atoms with Gasteiger partial charge < -0.3 is 5.32 Å². The van der Waals surface area contributed by atoms with E-state index in [1.165, 1.54) is 24.3 Å². The number of nitrogens with one attached hydrogen (secondary N) is 1. The van der Waals surface area contributed by atoms with E-state index in [4.69, 9.17) is 11.6 Å². The molecule has 0 aliphatic rings. The van der Waals surface area contributed by atoms with Crippen molar-refractivity contribution in [3.8, 4) is 11.1 Å². The summed E-state index contributed by atoms with van der Waals surface area (Å²) in [5.74, 6) is -0.807. The lowest BCUT2D eigenvalue weighted by Gasteiger charge is -2.08. The molecule has 94 valence electrons. The molecule has 1 N–H and O–H groups in total. The van der Waals surface area contributed by atoms with Crippen molar-refractivity contribution in [2.75, 3.05) is 7.05 Å². The van der Waals surface area contributed by atoms with E-state index in [1.807, 2.05) is 7.05 Å². The van der Waals surface area contributed by atoms with E-state index in [0.717, 1.165) is 5.56 Å². The fourth-order valence-corrected chi connectivity index (χ4v) is 2.07. The van der Waals surface area contributed by atoms with Crippen LogP contribution in [0.4, 0.5) is 8.78 Å². The Labute approximate surface area is 109 Å². The molecule has 2 aromatic rings. The van der Waals surface area contributed by atoms with Gasteiger partial charge in [-0.1, -0.05) is 17.7 Å². The van der Waals surface area contributed by atoms with Gasteiger partial charge in [-0.2, -0.15) is 0 Å². The Morgan fingerprint density at radius 1 is 1.06 bits per heavy atom. The van der Waals surface area contributed by atoms with Crippen molar-refractivity contribution in [1.29, 1.82) is 0 Å². The van der Waals surface area contributed by atoms with E-state index in [0.29, 0.717) is 17.7 Å². The summed E-state index contributed by atoms with van der Waals surface area (Å²) in [6, 6.07) is 8.74. The van der Waals surface area contributed by atoms with Crippen molar-refractivity contribution in [3.63, 3.8) is 0 Å². The van der Waals surface area contributed by atoms with Crippen LogP contribution in [0.1, 0.15) is 5.56 Å². The van der Waals surface area contributed by atoms with Gasteiger partial charge in [-0.3, -0.25) is 0 Å². The molecular weight excluding hydrogens is 256 g/mol. The van der Waals surface area contributed by atoms with Crippen LogP contribution in [0.5, 0.6) is 0 Å². The molecule has 18 heavy (non-hydrogen) atoms. The van der Waals surface area contributed by atoms with Gasteiger partial charge in [0, 0.05) is 17.7 Å². The molecule has 2 rings (SSSR count). The third-order valence-corrected chi connectivity index (χ3v) is 2.95. The minimum Gasteiger partial charge on any atom is -0.316 e. The van der Waals surface area contributed by atoms with Crippen LogP contribution in [-0.2, 0) is 6.54 Å². The first kappa shape index (κ1) is 13.0. The molecule has 0 bridgehead atoms. The molecule has 0 spiro atoms. The highest BCUT2D eigenvalue weighted by Gasteiger charge is 2.10. The van der Waals surface area contributed by atoms with Crippen molar-refractivity contribution in [2.24, 2.45) is 0 Å². The summed E-state index contributed by atoms with van der Waals surface area (Å²) in [5, 5.41) is 3.19. The van der Waals surface area contributed by atoms with Gasteiger partial charge in [0.25, 0.3) is 0 Å². The molecule has 0 aliphatic carbocycles. The monoisotopic (exact) mass is 267 g/mol. The summed E-state index contributed by atoms with van der Waals surface area (Å²) in [6.07, 6.45) is 0. The first-order valence-corrected chi connectivity index (χ1v) is 5.88. The zero-order chi connectivity index (χ0) is 13.1. The molecule has 0 aromatic heterocycles. The summed E-state index contributed by atoms with van der Waals surface area (Å²) in [4.78, 5) is 0. The number of benzene rings is 2. The van der Waals surface area contributed by atoms with E-state index in [2.05, 4.69) is 5.32 Å². The molecule has 0 saturated heterocycles. The zero-order valence-electron chi connectivity index (χ0n) is 9.81. The molecular formula is C14H12ClF2N. The lowest BCUT2D eigenvalue weighted by atomic mass is 10.0. The van der Waals surface area contributed by atoms with Gasteiger partial charge in [0.2, 0.25) is 0 Å². The summed E-state index contributed by atoms with van der Waals surface area (Å²) in [7, 11) is 1.81. The largest absolute Gasteiger partial charge is 0.316 e. The van der Waals surface area contributed by atoms with Crippen molar-refractivity contribution >= 4 is 11.6 Å². The highest BCUT2D eigenvalue weighted by molar-refractivity contribution is 6.33. The average Bonchev–Trinajstić information content (AvgIpc) is 2.33. The molecule has 0 atom stereocenters. The van der Waals surface area contributed by atoms with Gasteiger partial charge in [0.1, 0.15) is 11.6 Å². The van der Waals surface area contributed by atoms with Crippen molar-refractivity contribution in [2.45, 2.75) is 6.54 Å². The number of rotatable bonds is 3. The zero-order valence-corrected chi connectivity index (χ0v) is 10.6. The second kappa shape index (κ2) is 5.46. The second-order valence-electron chi connectivity index (χ2n) is 3.97. The van der Waals surface area contributed by atoms with E-state index < -0.39 is 5.82 Å². The quantitative estimate of drug-likeness (QED) is 0.886. The van der Waals surface area contributed by atoms with Crippen LogP contribution >= 0.6 is 11.6 Å². The van der Waals surface area contributed by atoms with E-state index in [-0.39, 0.29) is 10.8 Å². The number of hydrogen-bond donors (Lipinski definition) is 1. The summed E-state index contributed by atoms with van der Waals surface area (Å²) in [6.45, 7) is 0.631. The van der Waals surface area contributed by atoms with E-state index >= 15 is 0 Å².